The van der Waals surface area contributed by atoms with Gasteiger partial charge in [-0.15, -0.1) is 5.10 Å². The summed E-state index contributed by atoms with van der Waals surface area (Å²) in [6.45, 7) is 0. The summed E-state index contributed by atoms with van der Waals surface area (Å²) in [4.78, 5) is 20.1. The first kappa shape index (κ1) is 15.0. The molecule has 1 aromatic carbocycles. The van der Waals surface area contributed by atoms with Crippen molar-refractivity contribution in [2.24, 2.45) is 5.16 Å². The highest BCUT2D eigenvalue weighted by Crippen LogP contribution is 2.26. The van der Waals surface area contributed by atoms with Crippen molar-refractivity contribution in [1.82, 2.24) is 15.2 Å². The average Bonchev–Trinajstić information content (AvgIpc) is 3.16. The summed E-state index contributed by atoms with van der Waals surface area (Å²) in [5, 5.41) is 11.0. The van der Waals surface area contributed by atoms with Crippen LogP contribution < -0.4 is 5.32 Å². The van der Waals surface area contributed by atoms with E-state index < -0.39 is 30.0 Å². The monoisotopic (exact) mass is 325 g/mol. The Morgan fingerprint density at radius 1 is 1.30 bits per heavy atom. The lowest BCUT2D eigenvalue weighted by Gasteiger charge is -2.06. The minimum absolute atomic E-state index is 0.201. The Morgan fingerprint density at radius 2 is 2.04 bits per heavy atom. The number of halogens is 3. The zero-order valence-electron chi connectivity index (χ0n) is 11.5. The van der Waals surface area contributed by atoms with Crippen molar-refractivity contribution < 1.29 is 22.8 Å². The molecule has 0 spiro atoms. The number of alkyl halides is 3. The van der Waals surface area contributed by atoms with E-state index >= 15 is 0 Å². The second-order valence-corrected chi connectivity index (χ2v) is 4.70. The normalized spacial score (nSPS) is 17.5. The Kier molecular flexibility index (Phi) is 3.72. The molecule has 0 bridgehead atoms. The fourth-order valence-electron chi connectivity index (χ4n) is 1.95. The lowest BCUT2D eigenvalue weighted by atomic mass is 10.1. The molecule has 1 aromatic heterocycles. The standard InChI is InChI=1S/C13H10F3N5O2/c14-13(15,16)11-18-12(20-19-11)17-10(22)9-6-8(21-23-9)7-4-2-1-3-5-7/h1-5,9H,6H2,(H2,17,18,19,20,22)/t9-/m1/s1. The molecule has 0 fully saturated rings. The number of anilines is 1. The number of benzene rings is 1. The molecule has 23 heavy (non-hydrogen) atoms. The zero-order valence-corrected chi connectivity index (χ0v) is 11.5. The van der Waals surface area contributed by atoms with Crippen LogP contribution in [0.3, 0.4) is 0 Å². The minimum Gasteiger partial charge on any atom is -0.382 e. The van der Waals surface area contributed by atoms with Gasteiger partial charge < -0.3 is 4.84 Å². The third-order valence-corrected chi connectivity index (χ3v) is 3.06. The number of rotatable bonds is 3. The first-order valence-electron chi connectivity index (χ1n) is 6.52. The van der Waals surface area contributed by atoms with Crippen LogP contribution in [0, 0.1) is 0 Å². The molecule has 1 aliphatic rings. The van der Waals surface area contributed by atoms with Gasteiger partial charge in [-0.25, -0.2) is 0 Å². The number of amides is 1. The number of carbonyl (C=O) groups is 1. The Morgan fingerprint density at radius 3 is 2.70 bits per heavy atom. The van der Waals surface area contributed by atoms with Gasteiger partial charge in [0.05, 0.1) is 5.71 Å². The topological polar surface area (TPSA) is 92.3 Å². The van der Waals surface area contributed by atoms with E-state index in [0.717, 1.165) is 5.56 Å². The van der Waals surface area contributed by atoms with Crippen molar-refractivity contribution in [1.29, 1.82) is 0 Å². The summed E-state index contributed by atoms with van der Waals surface area (Å²) in [6, 6.07) is 9.10. The van der Waals surface area contributed by atoms with E-state index in [1.165, 1.54) is 0 Å². The van der Waals surface area contributed by atoms with Crippen molar-refractivity contribution in [3.63, 3.8) is 0 Å². The summed E-state index contributed by atoms with van der Waals surface area (Å²) in [5.74, 6) is -2.44. The molecular formula is C13H10F3N5O2. The summed E-state index contributed by atoms with van der Waals surface area (Å²) in [7, 11) is 0. The van der Waals surface area contributed by atoms with Crippen molar-refractivity contribution in [3.8, 4) is 0 Å². The SMILES string of the molecule is O=C(Nc1n[nH]c(C(F)(F)F)n1)[C@H]1CC(c2ccccc2)=NO1. The van der Waals surface area contributed by atoms with Gasteiger partial charge in [-0.3, -0.25) is 15.2 Å². The molecular weight excluding hydrogens is 315 g/mol. The highest BCUT2D eigenvalue weighted by Gasteiger charge is 2.36. The molecule has 2 heterocycles. The largest absolute Gasteiger partial charge is 0.451 e. The first-order valence-corrected chi connectivity index (χ1v) is 6.52. The van der Waals surface area contributed by atoms with Crippen LogP contribution in [0.5, 0.6) is 0 Å². The summed E-state index contributed by atoms with van der Waals surface area (Å²) >= 11 is 0. The van der Waals surface area contributed by atoms with Crippen LogP contribution in [0.25, 0.3) is 0 Å². The number of aromatic amines is 1. The second kappa shape index (κ2) is 5.71. The molecule has 120 valence electrons. The lowest BCUT2D eigenvalue weighted by Crippen LogP contribution is -2.28. The molecule has 0 radical (unpaired) electrons. The number of oxime groups is 1. The van der Waals surface area contributed by atoms with Gasteiger partial charge in [0, 0.05) is 6.42 Å². The number of nitrogens with one attached hydrogen (secondary N) is 2. The number of H-pyrrole nitrogens is 1. The van der Waals surface area contributed by atoms with E-state index in [1.54, 1.807) is 5.10 Å². The van der Waals surface area contributed by atoms with E-state index in [9.17, 15) is 18.0 Å². The highest BCUT2D eigenvalue weighted by molar-refractivity contribution is 6.05. The lowest BCUT2D eigenvalue weighted by molar-refractivity contribution is -0.144. The maximum Gasteiger partial charge on any atom is 0.451 e. The van der Waals surface area contributed by atoms with Crippen LogP contribution in [-0.4, -0.2) is 32.9 Å². The molecule has 0 saturated heterocycles. The number of carbonyl (C=O) groups excluding carboxylic acids is 1. The molecule has 1 amide bonds. The van der Waals surface area contributed by atoms with Crippen LogP contribution in [0.1, 0.15) is 17.8 Å². The van der Waals surface area contributed by atoms with Crippen LogP contribution in [0.4, 0.5) is 19.1 Å². The van der Waals surface area contributed by atoms with Crippen molar-refractivity contribution >= 4 is 17.6 Å². The van der Waals surface area contributed by atoms with Crippen LogP contribution in [0.2, 0.25) is 0 Å². The summed E-state index contributed by atoms with van der Waals surface area (Å²) in [5.41, 5.74) is 1.39. The molecule has 0 saturated carbocycles. The third-order valence-electron chi connectivity index (χ3n) is 3.06. The Bertz CT molecular complexity index is 742. The van der Waals surface area contributed by atoms with E-state index in [0.29, 0.717) is 5.71 Å². The predicted octanol–water partition coefficient (Wildman–Crippen LogP) is 1.96. The molecule has 3 rings (SSSR count). The van der Waals surface area contributed by atoms with Crippen LogP contribution in [-0.2, 0) is 15.8 Å². The molecule has 7 nitrogen and oxygen atoms in total. The minimum atomic E-state index is -4.66. The molecule has 0 unspecified atom stereocenters. The Labute approximate surface area is 127 Å². The van der Waals surface area contributed by atoms with Crippen molar-refractivity contribution in [3.05, 3.63) is 41.7 Å². The van der Waals surface area contributed by atoms with Gasteiger partial charge in [0.1, 0.15) is 0 Å². The maximum atomic E-state index is 12.4. The number of aromatic nitrogens is 3. The quantitative estimate of drug-likeness (QED) is 0.902. The molecule has 2 N–H and O–H groups in total. The smallest absolute Gasteiger partial charge is 0.382 e. The Hall–Kier alpha value is -2.91. The third kappa shape index (κ3) is 3.30. The van der Waals surface area contributed by atoms with Crippen LogP contribution in [0.15, 0.2) is 35.5 Å². The fraction of sp³-hybridized carbons (Fsp3) is 0.231. The van der Waals surface area contributed by atoms with Crippen LogP contribution >= 0.6 is 0 Å². The first-order chi connectivity index (χ1) is 10.9. The van der Waals surface area contributed by atoms with E-state index in [1.807, 2.05) is 30.3 Å². The molecule has 2 aromatic rings. The molecule has 1 aliphatic heterocycles. The molecule has 10 heteroatoms. The predicted molar refractivity (Wildman–Crippen MR) is 72.5 cm³/mol. The fourth-order valence-corrected chi connectivity index (χ4v) is 1.95. The van der Waals surface area contributed by atoms with E-state index in [2.05, 4.69) is 20.6 Å². The van der Waals surface area contributed by atoms with Gasteiger partial charge in [-0.2, -0.15) is 18.2 Å². The zero-order chi connectivity index (χ0) is 16.4. The number of hydrogen-bond acceptors (Lipinski definition) is 5. The summed E-state index contributed by atoms with van der Waals surface area (Å²) < 4.78 is 37.2. The van der Waals surface area contributed by atoms with E-state index in [4.69, 9.17) is 4.84 Å². The number of nitrogens with zero attached hydrogens (tertiary/aromatic N) is 3. The number of hydrogen-bond donors (Lipinski definition) is 2. The average molecular weight is 325 g/mol. The van der Waals surface area contributed by atoms with Gasteiger partial charge in [0.25, 0.3) is 5.91 Å². The van der Waals surface area contributed by atoms with Crippen molar-refractivity contribution in [2.75, 3.05) is 5.32 Å². The van der Waals surface area contributed by atoms with Gasteiger partial charge in [0.15, 0.2) is 0 Å². The Balaban J connectivity index is 1.61. The highest BCUT2D eigenvalue weighted by atomic mass is 19.4. The van der Waals surface area contributed by atoms with Crippen molar-refractivity contribution in [2.45, 2.75) is 18.7 Å². The second-order valence-electron chi connectivity index (χ2n) is 4.70. The molecule has 1 atom stereocenters. The van der Waals surface area contributed by atoms with Gasteiger partial charge in [-0.1, -0.05) is 35.5 Å². The maximum absolute atomic E-state index is 12.4. The van der Waals surface area contributed by atoms with Gasteiger partial charge >= 0.3 is 6.18 Å². The van der Waals surface area contributed by atoms with Gasteiger partial charge in [-0.05, 0) is 5.56 Å². The van der Waals surface area contributed by atoms with E-state index in [-0.39, 0.29) is 6.42 Å². The van der Waals surface area contributed by atoms with Gasteiger partial charge in [0.2, 0.25) is 17.9 Å². The summed E-state index contributed by atoms with van der Waals surface area (Å²) in [6.07, 6.45) is -5.41. The molecule has 0 aliphatic carbocycles.